The number of hydrogen-bond acceptors (Lipinski definition) is 3. The molecule has 1 aliphatic carbocycles. The molecule has 0 unspecified atom stereocenters. The average Bonchev–Trinajstić information content (AvgIpc) is 2.93. The van der Waals surface area contributed by atoms with Gasteiger partial charge >= 0.3 is 0 Å². The van der Waals surface area contributed by atoms with Gasteiger partial charge in [-0.05, 0) is 73.2 Å². The minimum atomic E-state index is -0.669. The van der Waals surface area contributed by atoms with E-state index < -0.39 is 6.04 Å². The second-order valence-corrected chi connectivity index (χ2v) is 12.1. The highest BCUT2D eigenvalue weighted by atomic mass is 79.9. The molecular formula is C32H36Br2N2O3. The normalized spacial score (nSPS) is 14.5. The maximum atomic E-state index is 13.9. The van der Waals surface area contributed by atoms with Crippen molar-refractivity contribution in [2.24, 2.45) is 0 Å². The third-order valence-electron chi connectivity index (χ3n) is 7.24. The van der Waals surface area contributed by atoms with E-state index in [2.05, 4.69) is 37.2 Å². The maximum absolute atomic E-state index is 13.9. The molecule has 0 heterocycles. The Hall–Kier alpha value is -2.64. The van der Waals surface area contributed by atoms with Crippen LogP contribution in [0.4, 0.5) is 0 Å². The van der Waals surface area contributed by atoms with Crippen molar-refractivity contribution in [3.63, 3.8) is 0 Å². The largest absolute Gasteiger partial charge is 0.484 e. The Labute approximate surface area is 248 Å². The lowest BCUT2D eigenvalue weighted by atomic mass is 9.94. The Morgan fingerprint density at radius 1 is 0.923 bits per heavy atom. The first kappa shape index (κ1) is 29.3. The molecule has 206 valence electrons. The quantitative estimate of drug-likeness (QED) is 0.249. The summed E-state index contributed by atoms with van der Waals surface area (Å²) < 4.78 is 7.96. The van der Waals surface area contributed by atoms with Crippen LogP contribution in [0.25, 0.3) is 0 Å². The van der Waals surface area contributed by atoms with E-state index in [1.54, 1.807) is 4.90 Å². The molecule has 39 heavy (non-hydrogen) atoms. The van der Waals surface area contributed by atoms with Crippen molar-refractivity contribution in [3.05, 3.63) is 97.9 Å². The topological polar surface area (TPSA) is 58.6 Å². The van der Waals surface area contributed by atoms with Gasteiger partial charge < -0.3 is 15.0 Å². The molecule has 3 aromatic rings. The van der Waals surface area contributed by atoms with Gasteiger partial charge in [0.1, 0.15) is 11.8 Å². The second kappa shape index (κ2) is 14.1. The molecule has 0 spiro atoms. The fourth-order valence-electron chi connectivity index (χ4n) is 5.15. The molecule has 1 aliphatic rings. The lowest BCUT2D eigenvalue weighted by Gasteiger charge is -2.33. The minimum Gasteiger partial charge on any atom is -0.484 e. The van der Waals surface area contributed by atoms with Crippen LogP contribution in [0.5, 0.6) is 5.75 Å². The number of carbonyl (C=O) groups excluding carboxylic acids is 2. The molecule has 1 fully saturated rings. The molecule has 0 saturated heterocycles. The highest BCUT2D eigenvalue weighted by molar-refractivity contribution is 9.10. The maximum Gasteiger partial charge on any atom is 0.261 e. The number of carbonyl (C=O) groups is 2. The predicted molar refractivity (Wildman–Crippen MR) is 163 cm³/mol. The lowest BCUT2D eigenvalue weighted by Crippen LogP contribution is -2.53. The molecule has 2 amide bonds. The van der Waals surface area contributed by atoms with Gasteiger partial charge in [-0.3, -0.25) is 9.59 Å². The third-order valence-corrected chi connectivity index (χ3v) is 8.98. The Morgan fingerprint density at radius 2 is 1.59 bits per heavy atom. The van der Waals surface area contributed by atoms with E-state index in [1.807, 2.05) is 80.6 Å². The molecule has 1 N–H and O–H groups in total. The fourth-order valence-corrected chi connectivity index (χ4v) is 5.82. The zero-order valence-corrected chi connectivity index (χ0v) is 25.8. The summed E-state index contributed by atoms with van der Waals surface area (Å²) in [6.07, 6.45) is 5.84. The number of benzene rings is 3. The Kier molecular flexibility index (Phi) is 10.6. The van der Waals surface area contributed by atoms with Gasteiger partial charge in [0.25, 0.3) is 5.91 Å². The van der Waals surface area contributed by atoms with Gasteiger partial charge in [0.2, 0.25) is 5.91 Å². The van der Waals surface area contributed by atoms with Gasteiger partial charge in [0.05, 0.1) is 0 Å². The molecule has 5 nitrogen and oxygen atoms in total. The average molecular weight is 656 g/mol. The van der Waals surface area contributed by atoms with Crippen LogP contribution in [0.15, 0.2) is 75.7 Å². The van der Waals surface area contributed by atoms with Crippen LogP contribution in [0.2, 0.25) is 0 Å². The van der Waals surface area contributed by atoms with Crippen LogP contribution >= 0.6 is 31.9 Å². The van der Waals surface area contributed by atoms with Crippen molar-refractivity contribution in [1.29, 1.82) is 0 Å². The van der Waals surface area contributed by atoms with E-state index in [1.165, 1.54) is 6.42 Å². The first-order valence-electron chi connectivity index (χ1n) is 13.6. The Bertz CT molecular complexity index is 1250. The van der Waals surface area contributed by atoms with Gasteiger partial charge in [-0.15, -0.1) is 0 Å². The smallest absolute Gasteiger partial charge is 0.261 e. The van der Waals surface area contributed by atoms with Crippen LogP contribution in [-0.2, 0) is 22.6 Å². The van der Waals surface area contributed by atoms with E-state index in [0.717, 1.165) is 56.9 Å². The van der Waals surface area contributed by atoms with Gasteiger partial charge in [0, 0.05) is 28.0 Å². The van der Waals surface area contributed by atoms with Gasteiger partial charge in [-0.1, -0.05) is 93.6 Å². The zero-order valence-electron chi connectivity index (χ0n) is 22.6. The number of ether oxygens (including phenoxy) is 1. The van der Waals surface area contributed by atoms with Crippen molar-refractivity contribution in [3.8, 4) is 5.75 Å². The summed E-state index contributed by atoms with van der Waals surface area (Å²) in [5, 5.41) is 3.28. The Balaban J connectivity index is 1.62. The van der Waals surface area contributed by atoms with Crippen LogP contribution in [0.3, 0.4) is 0 Å². The van der Waals surface area contributed by atoms with Crippen molar-refractivity contribution in [2.45, 2.75) is 71.0 Å². The number of amides is 2. The first-order chi connectivity index (χ1) is 18.8. The standard InChI is InChI=1S/C32H36Br2N2O3/c1-22-16-28(17-23(2)31(22)34)39-21-30(37)36(20-25-12-9-13-26(33)18-25)29(19-24-10-5-3-6-11-24)32(38)35-27-14-7-4-8-15-27/h3,5-6,9-13,16-18,27,29H,4,7-8,14-15,19-21H2,1-2H3,(H,35,38)/t29-/m1/s1. The summed E-state index contributed by atoms with van der Waals surface area (Å²) in [4.78, 5) is 29.4. The molecule has 0 radical (unpaired) electrons. The SMILES string of the molecule is Cc1cc(OCC(=O)N(Cc2cccc(Br)c2)[C@H](Cc2ccccc2)C(=O)NC2CCCCC2)cc(C)c1Br. The van der Waals surface area contributed by atoms with Gasteiger partial charge in [-0.2, -0.15) is 0 Å². The molecule has 1 saturated carbocycles. The van der Waals surface area contributed by atoms with Crippen molar-refractivity contribution < 1.29 is 14.3 Å². The number of hydrogen-bond donors (Lipinski definition) is 1. The van der Waals surface area contributed by atoms with Crippen molar-refractivity contribution in [2.75, 3.05) is 6.61 Å². The number of nitrogens with one attached hydrogen (secondary N) is 1. The summed E-state index contributed by atoms with van der Waals surface area (Å²) >= 11 is 7.13. The van der Waals surface area contributed by atoms with E-state index in [-0.39, 0.29) is 24.5 Å². The second-order valence-electron chi connectivity index (χ2n) is 10.4. The van der Waals surface area contributed by atoms with Crippen molar-refractivity contribution >= 4 is 43.7 Å². The monoisotopic (exact) mass is 654 g/mol. The summed E-state index contributed by atoms with van der Waals surface area (Å²) in [6.45, 7) is 4.14. The Morgan fingerprint density at radius 3 is 2.26 bits per heavy atom. The highest BCUT2D eigenvalue weighted by Crippen LogP contribution is 2.27. The highest BCUT2D eigenvalue weighted by Gasteiger charge is 2.32. The van der Waals surface area contributed by atoms with Crippen LogP contribution < -0.4 is 10.1 Å². The minimum absolute atomic E-state index is 0.107. The summed E-state index contributed by atoms with van der Waals surface area (Å²) in [5.74, 6) is 0.299. The van der Waals surface area contributed by atoms with E-state index in [9.17, 15) is 9.59 Å². The molecule has 3 aromatic carbocycles. The van der Waals surface area contributed by atoms with Gasteiger partial charge in [0.15, 0.2) is 6.61 Å². The number of halogens is 2. The number of rotatable bonds is 10. The number of nitrogens with zero attached hydrogens (tertiary/aromatic N) is 1. The van der Waals surface area contributed by atoms with Crippen molar-refractivity contribution in [1.82, 2.24) is 10.2 Å². The first-order valence-corrected chi connectivity index (χ1v) is 15.2. The number of aryl methyl sites for hydroxylation is 2. The van der Waals surface area contributed by atoms with E-state index in [0.29, 0.717) is 18.7 Å². The summed E-state index contributed by atoms with van der Waals surface area (Å²) in [6, 6.07) is 21.1. The fraction of sp³-hybridized carbons (Fsp3) is 0.375. The van der Waals surface area contributed by atoms with Crippen LogP contribution in [0.1, 0.15) is 54.4 Å². The third kappa shape index (κ3) is 8.42. The lowest BCUT2D eigenvalue weighted by molar-refractivity contribution is -0.143. The summed E-state index contributed by atoms with van der Waals surface area (Å²) in [5.41, 5.74) is 4.03. The predicted octanol–water partition coefficient (Wildman–Crippen LogP) is 7.30. The summed E-state index contributed by atoms with van der Waals surface area (Å²) in [7, 11) is 0. The zero-order chi connectivity index (χ0) is 27.8. The molecular weight excluding hydrogens is 620 g/mol. The van der Waals surface area contributed by atoms with E-state index >= 15 is 0 Å². The molecule has 1 atom stereocenters. The van der Waals surface area contributed by atoms with Crippen LogP contribution in [-0.4, -0.2) is 35.4 Å². The van der Waals surface area contributed by atoms with Gasteiger partial charge in [-0.25, -0.2) is 0 Å². The van der Waals surface area contributed by atoms with Crippen LogP contribution in [0, 0.1) is 13.8 Å². The molecule has 0 aromatic heterocycles. The molecule has 4 rings (SSSR count). The molecule has 0 aliphatic heterocycles. The van der Waals surface area contributed by atoms with E-state index in [4.69, 9.17) is 4.74 Å². The molecule has 7 heteroatoms. The molecule has 0 bridgehead atoms.